The first-order valence-corrected chi connectivity index (χ1v) is 7.54. The van der Waals surface area contributed by atoms with Gasteiger partial charge in [-0.05, 0) is 52.1 Å². The Hall–Kier alpha value is -0.610. The molecular weight excluding hydrogens is 240 g/mol. The first kappa shape index (κ1) is 16.4. The van der Waals surface area contributed by atoms with E-state index in [1.165, 1.54) is 26.5 Å². The minimum absolute atomic E-state index is 0.163. The summed E-state index contributed by atoms with van der Waals surface area (Å²) in [6.45, 7) is 11.4. The monoisotopic (exact) mass is 270 g/mol. The molecule has 1 fully saturated rings. The fourth-order valence-corrected chi connectivity index (χ4v) is 2.82. The molecule has 0 radical (unpaired) electrons. The third-order valence-electron chi connectivity index (χ3n) is 4.13. The van der Waals surface area contributed by atoms with Gasteiger partial charge in [-0.1, -0.05) is 13.8 Å². The Morgan fingerprint density at radius 2 is 2.11 bits per heavy atom. The van der Waals surface area contributed by atoms with Crippen LogP contribution in [0, 0.1) is 5.92 Å². The molecule has 0 amide bonds. The van der Waals surface area contributed by atoms with E-state index < -0.39 is 5.54 Å². The Kier molecular flexibility index (Phi) is 6.27. The minimum Gasteiger partial charge on any atom is -0.468 e. The molecule has 2 unspecified atom stereocenters. The SMILES string of the molecule is CCNC(C)(CC(C)N(CC)CC1CC1)C(=O)OC. The van der Waals surface area contributed by atoms with Crippen LogP contribution in [0.15, 0.2) is 0 Å². The molecule has 112 valence electrons. The molecular formula is C15H30N2O2. The van der Waals surface area contributed by atoms with Gasteiger partial charge in [0.2, 0.25) is 0 Å². The molecule has 0 spiro atoms. The maximum absolute atomic E-state index is 12.0. The van der Waals surface area contributed by atoms with Gasteiger partial charge in [0, 0.05) is 12.6 Å². The predicted molar refractivity (Wildman–Crippen MR) is 78.1 cm³/mol. The van der Waals surface area contributed by atoms with Crippen molar-refractivity contribution in [2.45, 2.75) is 58.5 Å². The van der Waals surface area contributed by atoms with Crippen LogP contribution in [0.25, 0.3) is 0 Å². The number of ether oxygens (including phenoxy) is 1. The van der Waals surface area contributed by atoms with E-state index in [1.54, 1.807) is 0 Å². The van der Waals surface area contributed by atoms with E-state index in [4.69, 9.17) is 4.74 Å². The van der Waals surface area contributed by atoms with E-state index in [2.05, 4.69) is 24.1 Å². The number of carbonyl (C=O) groups is 1. The highest BCUT2D eigenvalue weighted by molar-refractivity contribution is 5.80. The van der Waals surface area contributed by atoms with Crippen LogP contribution < -0.4 is 5.32 Å². The number of hydrogen-bond donors (Lipinski definition) is 1. The van der Waals surface area contributed by atoms with Crippen LogP contribution in [-0.4, -0.2) is 49.2 Å². The van der Waals surface area contributed by atoms with Crippen molar-refractivity contribution >= 4 is 5.97 Å². The van der Waals surface area contributed by atoms with Gasteiger partial charge in [0.25, 0.3) is 0 Å². The minimum atomic E-state index is -0.583. The molecule has 4 heteroatoms. The number of methoxy groups -OCH3 is 1. The van der Waals surface area contributed by atoms with E-state index in [-0.39, 0.29) is 5.97 Å². The number of carbonyl (C=O) groups excluding carboxylic acids is 1. The first-order valence-electron chi connectivity index (χ1n) is 7.54. The summed E-state index contributed by atoms with van der Waals surface area (Å²) in [6, 6.07) is 0.383. The van der Waals surface area contributed by atoms with Crippen LogP contribution in [0.1, 0.15) is 47.0 Å². The fourth-order valence-electron chi connectivity index (χ4n) is 2.82. The lowest BCUT2D eigenvalue weighted by Gasteiger charge is -2.35. The topological polar surface area (TPSA) is 41.6 Å². The van der Waals surface area contributed by atoms with Crippen LogP contribution in [-0.2, 0) is 9.53 Å². The molecule has 1 aliphatic rings. The van der Waals surface area contributed by atoms with Crippen molar-refractivity contribution in [3.05, 3.63) is 0 Å². The zero-order valence-corrected chi connectivity index (χ0v) is 13.2. The van der Waals surface area contributed by atoms with Crippen molar-refractivity contribution in [3.8, 4) is 0 Å². The molecule has 4 nitrogen and oxygen atoms in total. The summed E-state index contributed by atoms with van der Waals surface area (Å²) in [5.74, 6) is 0.717. The van der Waals surface area contributed by atoms with Gasteiger partial charge >= 0.3 is 5.97 Å². The number of hydrogen-bond acceptors (Lipinski definition) is 4. The second-order valence-electron chi connectivity index (χ2n) is 5.94. The van der Waals surface area contributed by atoms with Crippen molar-refractivity contribution in [1.82, 2.24) is 10.2 Å². The molecule has 2 atom stereocenters. The number of nitrogens with zero attached hydrogens (tertiary/aromatic N) is 1. The third-order valence-corrected chi connectivity index (χ3v) is 4.13. The molecule has 0 aromatic rings. The van der Waals surface area contributed by atoms with Gasteiger partial charge < -0.3 is 15.0 Å². The Labute approximate surface area is 117 Å². The molecule has 0 aliphatic heterocycles. The van der Waals surface area contributed by atoms with E-state index in [0.717, 1.165) is 25.4 Å². The Balaban J connectivity index is 2.62. The normalized spacial score (nSPS) is 20.1. The molecule has 0 bridgehead atoms. The lowest BCUT2D eigenvalue weighted by Crippen LogP contribution is -2.54. The molecule has 1 rings (SSSR count). The van der Waals surface area contributed by atoms with Gasteiger partial charge in [-0.25, -0.2) is 0 Å². The van der Waals surface area contributed by atoms with Crippen molar-refractivity contribution in [3.63, 3.8) is 0 Å². The second kappa shape index (κ2) is 7.25. The van der Waals surface area contributed by atoms with Gasteiger partial charge in [0.15, 0.2) is 0 Å². The Morgan fingerprint density at radius 1 is 1.47 bits per heavy atom. The van der Waals surface area contributed by atoms with Crippen molar-refractivity contribution in [2.24, 2.45) is 5.92 Å². The highest BCUT2D eigenvalue weighted by Crippen LogP contribution is 2.31. The molecule has 0 saturated heterocycles. The van der Waals surface area contributed by atoms with Crippen LogP contribution >= 0.6 is 0 Å². The average Bonchev–Trinajstić information content (AvgIpc) is 3.18. The number of esters is 1. The Morgan fingerprint density at radius 3 is 2.53 bits per heavy atom. The van der Waals surface area contributed by atoms with Gasteiger partial charge in [-0.15, -0.1) is 0 Å². The molecule has 1 saturated carbocycles. The summed E-state index contributed by atoms with van der Waals surface area (Å²) < 4.78 is 4.96. The fraction of sp³-hybridized carbons (Fsp3) is 0.933. The average molecular weight is 270 g/mol. The lowest BCUT2D eigenvalue weighted by atomic mass is 9.92. The molecule has 0 aromatic carbocycles. The summed E-state index contributed by atoms with van der Waals surface area (Å²) in [7, 11) is 1.46. The number of nitrogens with one attached hydrogen (secondary N) is 1. The molecule has 0 heterocycles. The summed E-state index contributed by atoms with van der Waals surface area (Å²) in [6.07, 6.45) is 3.52. The first-order chi connectivity index (χ1) is 8.96. The summed E-state index contributed by atoms with van der Waals surface area (Å²) in [5, 5.41) is 3.29. The van der Waals surface area contributed by atoms with Gasteiger partial charge in [0.1, 0.15) is 5.54 Å². The lowest BCUT2D eigenvalue weighted by molar-refractivity contribution is -0.148. The summed E-state index contributed by atoms with van der Waals surface area (Å²) in [4.78, 5) is 14.5. The molecule has 1 aliphatic carbocycles. The van der Waals surface area contributed by atoms with E-state index in [0.29, 0.717) is 6.04 Å². The van der Waals surface area contributed by atoms with Crippen LogP contribution in [0.2, 0.25) is 0 Å². The quantitative estimate of drug-likeness (QED) is 0.651. The summed E-state index contributed by atoms with van der Waals surface area (Å²) >= 11 is 0. The van der Waals surface area contributed by atoms with Crippen molar-refractivity contribution < 1.29 is 9.53 Å². The molecule has 0 aromatic heterocycles. The number of rotatable bonds is 9. The second-order valence-corrected chi connectivity index (χ2v) is 5.94. The summed E-state index contributed by atoms with van der Waals surface area (Å²) in [5.41, 5.74) is -0.583. The highest BCUT2D eigenvalue weighted by Gasteiger charge is 2.37. The zero-order valence-electron chi connectivity index (χ0n) is 13.2. The van der Waals surface area contributed by atoms with E-state index in [9.17, 15) is 4.79 Å². The van der Waals surface area contributed by atoms with Crippen LogP contribution in [0.5, 0.6) is 0 Å². The third kappa shape index (κ3) is 4.77. The van der Waals surface area contributed by atoms with Crippen molar-refractivity contribution in [1.29, 1.82) is 0 Å². The van der Waals surface area contributed by atoms with Gasteiger partial charge in [0.05, 0.1) is 7.11 Å². The number of likely N-dealkylation sites (N-methyl/N-ethyl adjacent to an activating group) is 1. The maximum Gasteiger partial charge on any atom is 0.325 e. The van der Waals surface area contributed by atoms with Crippen LogP contribution in [0.3, 0.4) is 0 Å². The van der Waals surface area contributed by atoms with Crippen molar-refractivity contribution in [2.75, 3.05) is 26.7 Å². The van der Waals surface area contributed by atoms with Crippen LogP contribution in [0.4, 0.5) is 0 Å². The largest absolute Gasteiger partial charge is 0.468 e. The molecule has 19 heavy (non-hydrogen) atoms. The predicted octanol–water partition coefficient (Wildman–Crippen LogP) is 2.04. The highest BCUT2D eigenvalue weighted by atomic mass is 16.5. The Bertz CT molecular complexity index is 292. The maximum atomic E-state index is 12.0. The van der Waals surface area contributed by atoms with E-state index >= 15 is 0 Å². The van der Waals surface area contributed by atoms with E-state index in [1.807, 2.05) is 13.8 Å². The van der Waals surface area contributed by atoms with Gasteiger partial charge in [-0.3, -0.25) is 4.79 Å². The smallest absolute Gasteiger partial charge is 0.325 e. The zero-order chi connectivity index (χ0) is 14.5. The van der Waals surface area contributed by atoms with Gasteiger partial charge in [-0.2, -0.15) is 0 Å². The standard InChI is InChI=1S/C15H30N2O2/c1-6-16-15(4,14(18)19-5)10-12(3)17(7-2)11-13-8-9-13/h12-13,16H,6-11H2,1-5H3. The molecule has 1 N–H and O–H groups in total.